The van der Waals surface area contributed by atoms with E-state index in [0.717, 1.165) is 39.8 Å². The molecule has 0 atom stereocenters. The molecule has 3 aromatic rings. The van der Waals surface area contributed by atoms with Gasteiger partial charge < -0.3 is 15.8 Å². The fourth-order valence-electron chi connectivity index (χ4n) is 2.46. The second-order valence-electron chi connectivity index (χ2n) is 5.59. The molecule has 0 bridgehead atoms. The van der Waals surface area contributed by atoms with Gasteiger partial charge in [0.2, 0.25) is 0 Å². The Morgan fingerprint density at radius 3 is 2.42 bits per heavy atom. The average molecular weight is 336 g/mol. The van der Waals surface area contributed by atoms with Gasteiger partial charge in [0, 0.05) is 29.4 Å². The molecule has 0 aliphatic carbocycles. The van der Waals surface area contributed by atoms with E-state index in [9.17, 15) is 0 Å². The third-order valence-corrected chi connectivity index (χ3v) is 4.21. The molecule has 0 unspecified atom stereocenters. The van der Waals surface area contributed by atoms with Crippen LogP contribution in [0.25, 0.3) is 0 Å². The maximum Gasteiger partial charge on any atom is 0.129 e. The van der Waals surface area contributed by atoms with Crippen molar-refractivity contribution in [2.24, 2.45) is 0 Å². The van der Waals surface area contributed by atoms with Crippen LogP contribution in [-0.2, 0) is 6.42 Å². The molecule has 3 aromatic carbocycles. The first-order valence-corrected chi connectivity index (χ1v) is 8.21. The zero-order valence-electron chi connectivity index (χ0n) is 13.5. The lowest BCUT2D eigenvalue weighted by atomic mass is 10.0. The molecule has 0 aliphatic heterocycles. The minimum atomic E-state index is 0.773. The summed E-state index contributed by atoms with van der Waals surface area (Å²) in [7, 11) is 1.89. The van der Waals surface area contributed by atoms with E-state index in [-0.39, 0.29) is 0 Å². The summed E-state index contributed by atoms with van der Waals surface area (Å²) in [5, 5.41) is 3.10. The Kier molecular flexibility index (Phi) is 4.96. The van der Waals surface area contributed by atoms with Gasteiger partial charge in [0.1, 0.15) is 11.5 Å². The quantitative estimate of drug-likeness (QED) is 0.455. The van der Waals surface area contributed by atoms with Gasteiger partial charge in [0.25, 0.3) is 0 Å². The highest BCUT2D eigenvalue weighted by molar-refractivity contribution is 7.80. The number of anilines is 2. The van der Waals surface area contributed by atoms with Gasteiger partial charge in [0.05, 0.1) is 0 Å². The summed E-state index contributed by atoms with van der Waals surface area (Å²) in [6.07, 6.45) is 0.814. The first-order valence-electron chi connectivity index (χ1n) is 7.76. The standard InChI is InChI=1S/C20H20N2OS/c1-22-17-3-2-4-18(12-17)23-19-10-7-15(20(24)13-19)11-14-5-8-16(21)9-6-14/h2-10,12-13,22,24H,11,21H2,1H3. The molecule has 0 aromatic heterocycles. The van der Waals surface area contributed by atoms with Crippen LogP contribution in [0, 0.1) is 0 Å². The predicted molar refractivity (Wildman–Crippen MR) is 103 cm³/mol. The number of hydrogen-bond acceptors (Lipinski definition) is 4. The third kappa shape index (κ3) is 4.03. The van der Waals surface area contributed by atoms with Crippen LogP contribution in [0.4, 0.5) is 11.4 Å². The Morgan fingerprint density at radius 2 is 1.71 bits per heavy atom. The SMILES string of the molecule is CNc1cccc(Oc2ccc(Cc3ccc(N)cc3)c(S)c2)c1. The van der Waals surface area contributed by atoms with Crippen LogP contribution in [0.1, 0.15) is 11.1 Å². The van der Waals surface area contributed by atoms with Gasteiger partial charge in [-0.15, -0.1) is 12.6 Å². The Balaban J connectivity index is 1.75. The van der Waals surface area contributed by atoms with Crippen molar-refractivity contribution in [3.63, 3.8) is 0 Å². The maximum absolute atomic E-state index is 5.92. The van der Waals surface area contributed by atoms with Crippen LogP contribution in [0.2, 0.25) is 0 Å². The summed E-state index contributed by atoms with van der Waals surface area (Å²) in [4.78, 5) is 0.911. The van der Waals surface area contributed by atoms with E-state index < -0.39 is 0 Å². The molecule has 122 valence electrons. The fraction of sp³-hybridized carbons (Fsp3) is 0.100. The van der Waals surface area contributed by atoms with Crippen LogP contribution in [0.15, 0.2) is 71.6 Å². The van der Waals surface area contributed by atoms with Gasteiger partial charge in [-0.3, -0.25) is 0 Å². The number of hydrogen-bond donors (Lipinski definition) is 3. The second-order valence-corrected chi connectivity index (χ2v) is 6.07. The van der Waals surface area contributed by atoms with Crippen LogP contribution in [0.3, 0.4) is 0 Å². The number of nitrogens with two attached hydrogens (primary N) is 1. The van der Waals surface area contributed by atoms with Crippen molar-refractivity contribution in [1.29, 1.82) is 0 Å². The van der Waals surface area contributed by atoms with E-state index in [1.54, 1.807) is 0 Å². The second kappa shape index (κ2) is 7.32. The number of nitrogen functional groups attached to an aromatic ring is 1. The van der Waals surface area contributed by atoms with Crippen molar-refractivity contribution in [3.05, 3.63) is 77.9 Å². The smallest absolute Gasteiger partial charge is 0.129 e. The Bertz CT molecular complexity index is 831. The lowest BCUT2D eigenvalue weighted by Crippen LogP contribution is -1.93. The first-order chi connectivity index (χ1) is 11.6. The highest BCUT2D eigenvalue weighted by Crippen LogP contribution is 2.28. The minimum absolute atomic E-state index is 0.773. The molecule has 0 saturated heterocycles. The topological polar surface area (TPSA) is 47.3 Å². The average Bonchev–Trinajstić information content (AvgIpc) is 2.59. The predicted octanol–water partition coefficient (Wildman–Crippen LogP) is 4.98. The lowest BCUT2D eigenvalue weighted by Gasteiger charge is -2.11. The number of rotatable bonds is 5. The highest BCUT2D eigenvalue weighted by atomic mass is 32.1. The van der Waals surface area contributed by atoms with E-state index in [1.165, 1.54) is 5.56 Å². The zero-order valence-corrected chi connectivity index (χ0v) is 14.4. The van der Waals surface area contributed by atoms with E-state index in [1.807, 2.05) is 67.7 Å². The van der Waals surface area contributed by atoms with Gasteiger partial charge in [-0.25, -0.2) is 0 Å². The van der Waals surface area contributed by atoms with Crippen LogP contribution >= 0.6 is 12.6 Å². The molecule has 0 aliphatic rings. The molecule has 0 amide bonds. The largest absolute Gasteiger partial charge is 0.457 e. The molecule has 3 N–H and O–H groups in total. The van der Waals surface area contributed by atoms with Gasteiger partial charge in [-0.2, -0.15) is 0 Å². The van der Waals surface area contributed by atoms with Crippen molar-refractivity contribution >= 4 is 24.0 Å². The van der Waals surface area contributed by atoms with E-state index in [0.29, 0.717) is 0 Å². The molecule has 0 spiro atoms. The molecule has 4 heteroatoms. The summed E-state index contributed by atoms with van der Waals surface area (Å²) in [5.74, 6) is 1.56. The Morgan fingerprint density at radius 1 is 0.958 bits per heavy atom. The molecule has 0 fully saturated rings. The normalized spacial score (nSPS) is 10.4. The lowest BCUT2D eigenvalue weighted by molar-refractivity contribution is 0.481. The third-order valence-electron chi connectivity index (χ3n) is 3.79. The van der Waals surface area contributed by atoms with Crippen molar-refractivity contribution in [3.8, 4) is 11.5 Å². The molecular formula is C20H20N2OS. The van der Waals surface area contributed by atoms with Crippen molar-refractivity contribution in [2.75, 3.05) is 18.1 Å². The Hall–Kier alpha value is -2.59. The van der Waals surface area contributed by atoms with Gasteiger partial charge in [-0.1, -0.05) is 24.3 Å². The summed E-state index contributed by atoms with van der Waals surface area (Å²) in [6, 6.07) is 21.7. The van der Waals surface area contributed by atoms with Gasteiger partial charge in [-0.05, 0) is 53.9 Å². The zero-order chi connectivity index (χ0) is 16.9. The van der Waals surface area contributed by atoms with Crippen molar-refractivity contribution < 1.29 is 4.74 Å². The molecule has 0 heterocycles. The summed E-state index contributed by atoms with van der Waals surface area (Å²) in [5.41, 5.74) is 9.87. The number of nitrogens with one attached hydrogen (secondary N) is 1. The summed E-state index contributed by atoms with van der Waals surface area (Å²) < 4.78 is 5.92. The fourth-order valence-corrected chi connectivity index (χ4v) is 2.74. The molecule has 3 rings (SSSR count). The van der Waals surface area contributed by atoms with Crippen molar-refractivity contribution in [1.82, 2.24) is 0 Å². The van der Waals surface area contributed by atoms with Crippen LogP contribution in [0.5, 0.6) is 11.5 Å². The molecule has 0 radical (unpaired) electrons. The van der Waals surface area contributed by atoms with Crippen molar-refractivity contribution in [2.45, 2.75) is 11.3 Å². The van der Waals surface area contributed by atoms with Gasteiger partial charge in [0.15, 0.2) is 0 Å². The Labute approximate surface area is 147 Å². The maximum atomic E-state index is 5.92. The van der Waals surface area contributed by atoms with E-state index in [2.05, 4.69) is 24.0 Å². The van der Waals surface area contributed by atoms with E-state index in [4.69, 9.17) is 10.5 Å². The molecule has 3 nitrogen and oxygen atoms in total. The molecule has 24 heavy (non-hydrogen) atoms. The van der Waals surface area contributed by atoms with E-state index >= 15 is 0 Å². The minimum Gasteiger partial charge on any atom is -0.457 e. The summed E-state index contributed by atoms with van der Waals surface area (Å²) in [6.45, 7) is 0. The first kappa shape index (κ1) is 16.3. The molecular weight excluding hydrogens is 316 g/mol. The van der Waals surface area contributed by atoms with Crippen LogP contribution < -0.4 is 15.8 Å². The van der Waals surface area contributed by atoms with Gasteiger partial charge >= 0.3 is 0 Å². The number of thiol groups is 1. The number of ether oxygens (including phenoxy) is 1. The monoisotopic (exact) mass is 336 g/mol. The highest BCUT2D eigenvalue weighted by Gasteiger charge is 2.05. The number of benzene rings is 3. The summed E-state index contributed by atoms with van der Waals surface area (Å²) >= 11 is 4.61. The van der Waals surface area contributed by atoms with Crippen LogP contribution in [-0.4, -0.2) is 7.05 Å². The molecule has 0 saturated carbocycles.